The quantitative estimate of drug-likeness (QED) is 0.693. The second-order valence-electron chi connectivity index (χ2n) is 4.69. The van der Waals surface area contributed by atoms with Crippen LogP contribution in [0, 0.1) is 11.8 Å². The van der Waals surface area contributed by atoms with E-state index in [1.807, 2.05) is 6.08 Å². The van der Waals surface area contributed by atoms with Crippen molar-refractivity contribution in [3.8, 4) is 0 Å². The Morgan fingerprint density at radius 3 is 2.47 bits per heavy atom. The first-order valence-electron chi connectivity index (χ1n) is 6.07. The second kappa shape index (κ2) is 6.65. The van der Waals surface area contributed by atoms with Gasteiger partial charge in [0.05, 0.1) is 0 Å². The fourth-order valence-electron chi connectivity index (χ4n) is 2.37. The van der Waals surface area contributed by atoms with Crippen LogP contribution in [0.25, 0.3) is 0 Å². The van der Waals surface area contributed by atoms with E-state index in [4.69, 9.17) is 0 Å². The Balaban J connectivity index is 2.12. The van der Waals surface area contributed by atoms with E-state index >= 15 is 0 Å². The van der Waals surface area contributed by atoms with E-state index in [1.165, 1.54) is 32.1 Å². The lowest BCUT2D eigenvalue weighted by Gasteiger charge is -2.28. The van der Waals surface area contributed by atoms with Gasteiger partial charge in [0.25, 0.3) is 0 Å². The summed E-state index contributed by atoms with van der Waals surface area (Å²) in [5, 5.41) is 2.92. The van der Waals surface area contributed by atoms with E-state index in [-0.39, 0.29) is 5.91 Å². The molecule has 1 aliphatic rings. The Labute approximate surface area is 93.1 Å². The standard InChI is InChI=1S/C13H23NO/c1-3-4-5-12-6-8-13(9-7-12)10-14-11(2)15/h3,12-13H,1,4-10H2,2H3,(H,14,15). The number of hydrogen-bond acceptors (Lipinski definition) is 1. The monoisotopic (exact) mass is 209 g/mol. The van der Waals surface area contributed by atoms with Crippen LogP contribution < -0.4 is 5.32 Å². The lowest BCUT2D eigenvalue weighted by molar-refractivity contribution is -0.119. The second-order valence-corrected chi connectivity index (χ2v) is 4.69. The van der Waals surface area contributed by atoms with E-state index in [0.717, 1.165) is 18.9 Å². The van der Waals surface area contributed by atoms with Gasteiger partial charge in [-0.3, -0.25) is 4.79 Å². The highest BCUT2D eigenvalue weighted by molar-refractivity contribution is 5.72. The van der Waals surface area contributed by atoms with Gasteiger partial charge in [0, 0.05) is 13.5 Å². The maximum Gasteiger partial charge on any atom is 0.216 e. The molecule has 1 amide bonds. The van der Waals surface area contributed by atoms with Crippen molar-refractivity contribution < 1.29 is 4.79 Å². The molecule has 0 radical (unpaired) electrons. The Bertz CT molecular complexity index is 205. The van der Waals surface area contributed by atoms with Crippen molar-refractivity contribution in [1.29, 1.82) is 0 Å². The number of amides is 1. The molecule has 15 heavy (non-hydrogen) atoms. The zero-order valence-electron chi connectivity index (χ0n) is 9.80. The number of carbonyl (C=O) groups is 1. The van der Waals surface area contributed by atoms with Crippen molar-refractivity contribution in [2.24, 2.45) is 11.8 Å². The highest BCUT2D eigenvalue weighted by atomic mass is 16.1. The van der Waals surface area contributed by atoms with Crippen molar-refractivity contribution in [1.82, 2.24) is 5.32 Å². The minimum Gasteiger partial charge on any atom is -0.356 e. The topological polar surface area (TPSA) is 29.1 Å². The Hall–Kier alpha value is -0.790. The van der Waals surface area contributed by atoms with Crippen molar-refractivity contribution >= 4 is 5.91 Å². The number of nitrogens with one attached hydrogen (secondary N) is 1. The van der Waals surface area contributed by atoms with Crippen LogP contribution in [0.4, 0.5) is 0 Å². The molecule has 1 aliphatic carbocycles. The molecule has 1 N–H and O–H groups in total. The molecule has 86 valence electrons. The molecule has 0 atom stereocenters. The molecule has 0 aliphatic heterocycles. The Kier molecular flexibility index (Phi) is 5.44. The molecular weight excluding hydrogens is 186 g/mol. The molecule has 0 saturated heterocycles. The molecule has 1 fully saturated rings. The summed E-state index contributed by atoms with van der Waals surface area (Å²) in [7, 11) is 0. The zero-order chi connectivity index (χ0) is 11.1. The highest BCUT2D eigenvalue weighted by Crippen LogP contribution is 2.31. The predicted octanol–water partition coefficient (Wildman–Crippen LogP) is 2.90. The SMILES string of the molecule is C=CCCC1CCC(CNC(C)=O)CC1. The predicted molar refractivity (Wildman–Crippen MR) is 63.6 cm³/mol. The van der Waals surface area contributed by atoms with E-state index < -0.39 is 0 Å². The van der Waals surface area contributed by atoms with Crippen LogP contribution in [0.3, 0.4) is 0 Å². The normalized spacial score (nSPS) is 25.9. The van der Waals surface area contributed by atoms with E-state index in [9.17, 15) is 4.79 Å². The molecular formula is C13H23NO. The largest absolute Gasteiger partial charge is 0.356 e. The molecule has 0 bridgehead atoms. The molecule has 0 unspecified atom stereocenters. The highest BCUT2D eigenvalue weighted by Gasteiger charge is 2.20. The van der Waals surface area contributed by atoms with Gasteiger partial charge < -0.3 is 5.32 Å². The number of rotatable bonds is 5. The molecule has 2 heteroatoms. The van der Waals surface area contributed by atoms with Crippen LogP contribution in [-0.2, 0) is 4.79 Å². The van der Waals surface area contributed by atoms with Gasteiger partial charge in [-0.05, 0) is 37.5 Å². The van der Waals surface area contributed by atoms with Crippen LogP contribution >= 0.6 is 0 Å². The summed E-state index contributed by atoms with van der Waals surface area (Å²) in [6, 6.07) is 0. The minimum absolute atomic E-state index is 0.101. The molecule has 0 aromatic carbocycles. The van der Waals surface area contributed by atoms with Gasteiger partial charge in [0.2, 0.25) is 5.91 Å². The van der Waals surface area contributed by atoms with E-state index in [2.05, 4.69) is 11.9 Å². The maximum atomic E-state index is 10.8. The maximum absolute atomic E-state index is 10.8. The molecule has 0 heterocycles. The van der Waals surface area contributed by atoms with Crippen molar-refractivity contribution in [3.05, 3.63) is 12.7 Å². The van der Waals surface area contributed by atoms with Gasteiger partial charge in [0.15, 0.2) is 0 Å². The summed E-state index contributed by atoms with van der Waals surface area (Å²) in [5.41, 5.74) is 0. The molecule has 1 saturated carbocycles. The van der Waals surface area contributed by atoms with E-state index in [1.54, 1.807) is 6.92 Å². The van der Waals surface area contributed by atoms with E-state index in [0.29, 0.717) is 5.92 Å². The number of carbonyl (C=O) groups excluding carboxylic acids is 1. The number of allylic oxidation sites excluding steroid dienone is 1. The third kappa shape index (κ3) is 5.01. The third-order valence-electron chi connectivity index (χ3n) is 3.39. The van der Waals surface area contributed by atoms with Gasteiger partial charge in [-0.2, -0.15) is 0 Å². The third-order valence-corrected chi connectivity index (χ3v) is 3.39. The minimum atomic E-state index is 0.101. The van der Waals surface area contributed by atoms with Gasteiger partial charge in [-0.25, -0.2) is 0 Å². The average Bonchev–Trinajstić information content (AvgIpc) is 2.25. The summed E-state index contributed by atoms with van der Waals surface area (Å²) >= 11 is 0. The smallest absolute Gasteiger partial charge is 0.216 e. The molecule has 1 rings (SSSR count). The van der Waals surface area contributed by atoms with Gasteiger partial charge in [-0.15, -0.1) is 6.58 Å². The summed E-state index contributed by atoms with van der Waals surface area (Å²) in [4.78, 5) is 10.8. The van der Waals surface area contributed by atoms with Crippen LogP contribution in [0.15, 0.2) is 12.7 Å². The summed E-state index contributed by atoms with van der Waals surface area (Å²) in [6.07, 6.45) is 9.70. The molecule has 0 aromatic rings. The first kappa shape index (κ1) is 12.3. The van der Waals surface area contributed by atoms with Crippen LogP contribution in [0.2, 0.25) is 0 Å². The lowest BCUT2D eigenvalue weighted by atomic mass is 9.80. The van der Waals surface area contributed by atoms with Crippen LogP contribution in [0.1, 0.15) is 45.4 Å². The Morgan fingerprint density at radius 2 is 1.93 bits per heavy atom. The van der Waals surface area contributed by atoms with Gasteiger partial charge in [0.1, 0.15) is 0 Å². The average molecular weight is 209 g/mol. The summed E-state index contributed by atoms with van der Waals surface area (Å²) in [6.45, 7) is 6.23. The van der Waals surface area contributed by atoms with Gasteiger partial charge in [-0.1, -0.05) is 18.9 Å². The lowest BCUT2D eigenvalue weighted by Crippen LogP contribution is -2.29. The zero-order valence-corrected chi connectivity index (χ0v) is 9.80. The van der Waals surface area contributed by atoms with Crippen LogP contribution in [-0.4, -0.2) is 12.5 Å². The Morgan fingerprint density at radius 1 is 1.33 bits per heavy atom. The first-order chi connectivity index (χ1) is 7.22. The molecule has 0 spiro atoms. The van der Waals surface area contributed by atoms with Crippen molar-refractivity contribution in [2.75, 3.05) is 6.54 Å². The summed E-state index contributed by atoms with van der Waals surface area (Å²) in [5.74, 6) is 1.72. The molecule has 2 nitrogen and oxygen atoms in total. The van der Waals surface area contributed by atoms with Gasteiger partial charge >= 0.3 is 0 Å². The molecule has 0 aromatic heterocycles. The van der Waals surface area contributed by atoms with Crippen molar-refractivity contribution in [2.45, 2.75) is 45.4 Å². The van der Waals surface area contributed by atoms with Crippen molar-refractivity contribution in [3.63, 3.8) is 0 Å². The van der Waals surface area contributed by atoms with Crippen LogP contribution in [0.5, 0.6) is 0 Å². The fraction of sp³-hybridized carbons (Fsp3) is 0.769. The number of hydrogen-bond donors (Lipinski definition) is 1. The fourth-order valence-corrected chi connectivity index (χ4v) is 2.37. The summed E-state index contributed by atoms with van der Waals surface area (Å²) < 4.78 is 0. The first-order valence-corrected chi connectivity index (χ1v) is 6.07.